The molecule has 1 atom stereocenters. The molecule has 4 rings (SSSR count). The van der Waals surface area contributed by atoms with Gasteiger partial charge in [-0.05, 0) is 48.4 Å². The molecule has 128 valence electrons. The Morgan fingerprint density at radius 2 is 2.36 bits per heavy atom. The van der Waals surface area contributed by atoms with Gasteiger partial charge in [-0.15, -0.1) is 11.3 Å². The van der Waals surface area contributed by atoms with Gasteiger partial charge in [0.15, 0.2) is 0 Å². The fraction of sp³-hybridized carbons (Fsp3) is 0.316. The Balaban J connectivity index is 1.39. The lowest BCUT2D eigenvalue weighted by molar-refractivity contribution is 0.0955. The van der Waals surface area contributed by atoms with Crippen molar-refractivity contribution in [3.8, 4) is 5.82 Å². The van der Waals surface area contributed by atoms with E-state index in [4.69, 9.17) is 0 Å². The summed E-state index contributed by atoms with van der Waals surface area (Å²) in [5.41, 5.74) is 2.34. The van der Waals surface area contributed by atoms with Gasteiger partial charge in [0.05, 0.1) is 4.88 Å². The number of aryl methyl sites for hydroxylation is 1. The summed E-state index contributed by atoms with van der Waals surface area (Å²) in [4.78, 5) is 23.1. The van der Waals surface area contributed by atoms with Gasteiger partial charge in [0.2, 0.25) is 0 Å². The molecule has 0 fully saturated rings. The Kier molecular flexibility index (Phi) is 4.36. The second-order valence-corrected chi connectivity index (χ2v) is 7.72. The molecule has 0 spiro atoms. The molecule has 1 aliphatic rings. The van der Waals surface area contributed by atoms with E-state index in [1.54, 1.807) is 30.1 Å². The highest BCUT2D eigenvalue weighted by Crippen LogP contribution is 2.32. The number of carbonyl (C=O) groups is 1. The lowest BCUT2D eigenvalue weighted by atomic mass is 9.90. The summed E-state index contributed by atoms with van der Waals surface area (Å²) in [7, 11) is 0. The van der Waals surface area contributed by atoms with E-state index in [2.05, 4.69) is 28.3 Å². The molecule has 0 bridgehead atoms. The minimum atomic E-state index is 0.00531. The maximum atomic E-state index is 12.4. The van der Waals surface area contributed by atoms with Crippen molar-refractivity contribution in [2.75, 3.05) is 0 Å². The molecule has 0 saturated heterocycles. The summed E-state index contributed by atoms with van der Waals surface area (Å²) in [6, 6.07) is 5.98. The average molecular weight is 352 g/mol. The summed E-state index contributed by atoms with van der Waals surface area (Å²) < 4.78 is 1.85. The highest BCUT2D eigenvalue weighted by molar-refractivity contribution is 7.14. The van der Waals surface area contributed by atoms with Crippen LogP contribution < -0.4 is 5.32 Å². The number of carbonyl (C=O) groups excluding carboxylic acids is 1. The number of hydrogen-bond acceptors (Lipinski definition) is 4. The Bertz CT molecular complexity index is 867. The van der Waals surface area contributed by atoms with E-state index in [1.807, 2.05) is 22.9 Å². The first-order valence-corrected chi connectivity index (χ1v) is 9.34. The molecule has 5 nitrogen and oxygen atoms in total. The molecule has 3 aromatic rings. The van der Waals surface area contributed by atoms with Crippen molar-refractivity contribution in [3.63, 3.8) is 0 Å². The second-order valence-electron chi connectivity index (χ2n) is 6.58. The topological polar surface area (TPSA) is 59.8 Å². The second kappa shape index (κ2) is 6.80. The molecule has 1 aliphatic carbocycles. The van der Waals surface area contributed by atoms with E-state index >= 15 is 0 Å². The predicted octanol–water partition coefficient (Wildman–Crippen LogP) is 3.38. The number of rotatable bonds is 4. The zero-order chi connectivity index (χ0) is 17.2. The zero-order valence-corrected chi connectivity index (χ0v) is 14.9. The number of amides is 1. The van der Waals surface area contributed by atoms with Crippen LogP contribution in [0.5, 0.6) is 0 Å². The van der Waals surface area contributed by atoms with Gasteiger partial charge in [0, 0.05) is 30.0 Å². The summed E-state index contributed by atoms with van der Waals surface area (Å²) in [5, 5.41) is 3.00. The van der Waals surface area contributed by atoms with Crippen molar-refractivity contribution in [2.24, 2.45) is 5.92 Å². The zero-order valence-electron chi connectivity index (χ0n) is 14.1. The molecule has 1 unspecified atom stereocenters. The third kappa shape index (κ3) is 3.49. The van der Waals surface area contributed by atoms with E-state index in [9.17, 15) is 4.79 Å². The smallest absolute Gasteiger partial charge is 0.261 e. The maximum Gasteiger partial charge on any atom is 0.261 e. The van der Waals surface area contributed by atoms with Crippen molar-refractivity contribution in [1.29, 1.82) is 0 Å². The third-order valence-corrected chi connectivity index (χ3v) is 5.82. The first-order valence-electron chi connectivity index (χ1n) is 8.52. The Hall–Kier alpha value is -2.47. The van der Waals surface area contributed by atoms with Crippen LogP contribution in [0.4, 0.5) is 0 Å². The highest BCUT2D eigenvalue weighted by Gasteiger charge is 2.20. The molecule has 0 aliphatic heterocycles. The van der Waals surface area contributed by atoms with Gasteiger partial charge < -0.3 is 5.32 Å². The minimum absolute atomic E-state index is 0.00531. The van der Waals surface area contributed by atoms with Crippen LogP contribution in [0.15, 0.2) is 43.1 Å². The first kappa shape index (κ1) is 16.0. The summed E-state index contributed by atoms with van der Waals surface area (Å²) >= 11 is 1.64. The molecular weight excluding hydrogens is 332 g/mol. The molecule has 25 heavy (non-hydrogen) atoms. The lowest BCUT2D eigenvalue weighted by Crippen LogP contribution is -2.21. The molecule has 1 N–H and O–H groups in total. The quantitative estimate of drug-likeness (QED) is 0.783. The Morgan fingerprint density at radius 3 is 3.12 bits per heavy atom. The first-order chi connectivity index (χ1) is 12.2. The van der Waals surface area contributed by atoms with Gasteiger partial charge in [0.25, 0.3) is 5.91 Å². The highest BCUT2D eigenvalue weighted by atomic mass is 32.1. The van der Waals surface area contributed by atoms with Crippen LogP contribution in [0.3, 0.4) is 0 Å². The minimum Gasteiger partial charge on any atom is -0.347 e. The largest absolute Gasteiger partial charge is 0.347 e. The van der Waals surface area contributed by atoms with Crippen LogP contribution >= 0.6 is 11.3 Å². The van der Waals surface area contributed by atoms with Crippen LogP contribution in [0, 0.1) is 5.92 Å². The number of imidazole rings is 1. The van der Waals surface area contributed by atoms with Gasteiger partial charge in [-0.3, -0.25) is 9.36 Å². The van der Waals surface area contributed by atoms with Gasteiger partial charge in [-0.1, -0.05) is 13.0 Å². The molecule has 1 amide bonds. The predicted molar refractivity (Wildman–Crippen MR) is 98.0 cm³/mol. The molecule has 3 aromatic heterocycles. The van der Waals surface area contributed by atoms with Crippen LogP contribution in [-0.2, 0) is 19.4 Å². The summed E-state index contributed by atoms with van der Waals surface area (Å²) in [6.45, 7) is 2.76. The number of fused-ring (bicyclic) bond motifs is 1. The molecule has 6 heteroatoms. The van der Waals surface area contributed by atoms with Crippen molar-refractivity contribution >= 4 is 17.2 Å². The molecular formula is C19H20N4OS. The fourth-order valence-corrected chi connectivity index (χ4v) is 4.28. The van der Waals surface area contributed by atoms with Crippen LogP contribution in [0.2, 0.25) is 0 Å². The normalized spacial score (nSPS) is 16.4. The number of nitrogens with one attached hydrogen (secondary N) is 1. The molecule has 3 heterocycles. The molecule has 0 aromatic carbocycles. The standard InChI is InChI=1S/C19H20N4OS/c1-13-2-4-16-15(8-13)9-17(25-16)19(24)22-11-14-3-5-18(21-10-14)23-7-6-20-12-23/h3,5-7,9-10,12-13H,2,4,8,11H2,1H3,(H,22,24). The molecule has 0 saturated carbocycles. The van der Waals surface area contributed by atoms with Gasteiger partial charge in [0.1, 0.15) is 12.1 Å². The van der Waals surface area contributed by atoms with Gasteiger partial charge in [-0.25, -0.2) is 9.97 Å². The van der Waals surface area contributed by atoms with Crippen molar-refractivity contribution in [1.82, 2.24) is 19.9 Å². The maximum absolute atomic E-state index is 12.4. The monoisotopic (exact) mass is 352 g/mol. The van der Waals surface area contributed by atoms with E-state index in [-0.39, 0.29) is 5.91 Å². The van der Waals surface area contributed by atoms with Crippen LogP contribution in [0.25, 0.3) is 5.82 Å². The van der Waals surface area contributed by atoms with E-state index in [0.29, 0.717) is 6.54 Å². The van der Waals surface area contributed by atoms with Crippen LogP contribution in [-0.4, -0.2) is 20.4 Å². The third-order valence-electron chi connectivity index (χ3n) is 4.58. The lowest BCUT2D eigenvalue weighted by Gasteiger charge is -2.16. The Morgan fingerprint density at radius 1 is 1.44 bits per heavy atom. The van der Waals surface area contributed by atoms with Gasteiger partial charge in [-0.2, -0.15) is 0 Å². The summed E-state index contributed by atoms with van der Waals surface area (Å²) in [5.74, 6) is 1.54. The number of hydrogen-bond donors (Lipinski definition) is 1. The number of nitrogens with zero attached hydrogens (tertiary/aromatic N) is 3. The number of pyridine rings is 1. The SMILES string of the molecule is CC1CCc2sc(C(=O)NCc3ccc(-n4ccnc4)nc3)cc2C1. The van der Waals surface area contributed by atoms with Crippen LogP contribution in [0.1, 0.15) is 39.0 Å². The summed E-state index contributed by atoms with van der Waals surface area (Å²) in [6.07, 6.45) is 10.5. The molecule has 0 radical (unpaired) electrons. The van der Waals surface area contributed by atoms with Crippen molar-refractivity contribution in [3.05, 3.63) is 64.0 Å². The average Bonchev–Trinajstić information content (AvgIpc) is 3.29. The van der Waals surface area contributed by atoms with Crippen molar-refractivity contribution < 1.29 is 4.79 Å². The van der Waals surface area contributed by atoms with E-state index in [0.717, 1.165) is 35.0 Å². The number of thiophene rings is 1. The number of aromatic nitrogens is 3. The van der Waals surface area contributed by atoms with E-state index in [1.165, 1.54) is 16.9 Å². The van der Waals surface area contributed by atoms with Crippen molar-refractivity contribution in [2.45, 2.75) is 32.7 Å². The van der Waals surface area contributed by atoms with E-state index < -0.39 is 0 Å². The van der Waals surface area contributed by atoms with Gasteiger partial charge >= 0.3 is 0 Å². The fourth-order valence-electron chi connectivity index (χ4n) is 3.16. The Labute approximate surface area is 150 Å².